The molecule has 0 bridgehead atoms. The monoisotopic (exact) mass is 355 g/mol. The van der Waals surface area contributed by atoms with Gasteiger partial charge in [0.2, 0.25) is 0 Å². The lowest BCUT2D eigenvalue weighted by atomic mass is 10.1. The zero-order valence-electron chi connectivity index (χ0n) is 13.2. The van der Waals surface area contributed by atoms with Crippen molar-refractivity contribution >= 4 is 11.6 Å². The Hall–Kier alpha value is -2.91. The molecule has 0 spiro atoms. The number of hydrogen-bond donors (Lipinski definition) is 1. The number of hydrogen-bond acceptors (Lipinski definition) is 5. The third-order valence-electron chi connectivity index (χ3n) is 3.43. The summed E-state index contributed by atoms with van der Waals surface area (Å²) >= 11 is 0. The lowest BCUT2D eigenvalue weighted by molar-refractivity contribution is -0.275. The highest BCUT2D eigenvalue weighted by Gasteiger charge is 2.32. The second kappa shape index (κ2) is 6.19. The van der Waals surface area contributed by atoms with E-state index in [9.17, 15) is 17.6 Å². The van der Waals surface area contributed by atoms with E-state index in [2.05, 4.69) is 25.1 Å². The molecule has 0 aliphatic rings. The fourth-order valence-corrected chi connectivity index (χ4v) is 2.33. The van der Waals surface area contributed by atoms with Crippen molar-refractivity contribution in [2.45, 2.75) is 26.3 Å². The van der Waals surface area contributed by atoms with Crippen LogP contribution in [0.3, 0.4) is 0 Å². The molecule has 3 rings (SSSR count). The highest BCUT2D eigenvalue weighted by molar-refractivity contribution is 5.46. The predicted molar refractivity (Wildman–Crippen MR) is 80.6 cm³/mol. The lowest BCUT2D eigenvalue weighted by Crippen LogP contribution is -2.18. The number of aryl methyl sites for hydroxylation is 1. The Morgan fingerprint density at radius 2 is 2.00 bits per heavy atom. The molecule has 10 heteroatoms. The van der Waals surface area contributed by atoms with E-state index >= 15 is 0 Å². The first-order chi connectivity index (χ1) is 11.7. The third-order valence-corrected chi connectivity index (χ3v) is 3.43. The average Bonchev–Trinajstić information content (AvgIpc) is 2.96. The maximum absolute atomic E-state index is 13.9. The highest BCUT2D eigenvalue weighted by atomic mass is 19.4. The van der Waals surface area contributed by atoms with Gasteiger partial charge in [0.15, 0.2) is 11.6 Å². The summed E-state index contributed by atoms with van der Waals surface area (Å²) in [7, 11) is 0. The first-order valence-corrected chi connectivity index (χ1v) is 7.22. The molecular formula is C15H13F4N5O. The van der Waals surface area contributed by atoms with Crippen LogP contribution in [0.5, 0.6) is 5.75 Å². The van der Waals surface area contributed by atoms with Crippen molar-refractivity contribution in [3.8, 4) is 5.75 Å². The van der Waals surface area contributed by atoms with E-state index in [0.29, 0.717) is 22.9 Å². The maximum atomic E-state index is 13.9. The van der Waals surface area contributed by atoms with Gasteiger partial charge >= 0.3 is 6.36 Å². The number of benzene rings is 1. The van der Waals surface area contributed by atoms with Crippen molar-refractivity contribution in [3.05, 3.63) is 47.7 Å². The number of fused-ring (bicyclic) bond motifs is 1. The Kier molecular flexibility index (Phi) is 4.19. The minimum atomic E-state index is -4.94. The van der Waals surface area contributed by atoms with Crippen molar-refractivity contribution in [2.24, 2.45) is 0 Å². The molecule has 0 unspecified atom stereocenters. The molecule has 0 saturated heterocycles. The standard InChI is InChI=1S/C15H13F4N5O/c1-8-5-13(24-14(22-8)20-7-21-24)23-9(2)10-3-4-12(11(16)6-10)25-15(17,18)19/h3-7,9,23H,1-2H3/t9-/m1/s1. The summed E-state index contributed by atoms with van der Waals surface area (Å²) in [5, 5.41) is 7.15. The van der Waals surface area contributed by atoms with Crippen LogP contribution in [-0.2, 0) is 0 Å². The lowest BCUT2D eigenvalue weighted by Gasteiger charge is -2.17. The van der Waals surface area contributed by atoms with E-state index in [1.165, 1.54) is 16.9 Å². The summed E-state index contributed by atoms with van der Waals surface area (Å²) < 4.78 is 55.6. The molecule has 1 N–H and O–H groups in total. The van der Waals surface area contributed by atoms with Crippen LogP contribution in [0.25, 0.3) is 5.78 Å². The Morgan fingerprint density at radius 1 is 1.24 bits per heavy atom. The Bertz CT molecular complexity index is 909. The minimum Gasteiger partial charge on any atom is -0.403 e. The number of nitrogens with one attached hydrogen (secondary N) is 1. The molecule has 0 radical (unpaired) electrons. The summed E-state index contributed by atoms with van der Waals surface area (Å²) in [5.74, 6) is -1.000. The fraction of sp³-hybridized carbons (Fsp3) is 0.267. The summed E-state index contributed by atoms with van der Waals surface area (Å²) in [6, 6.07) is 4.61. The van der Waals surface area contributed by atoms with Crippen LogP contribution in [0.4, 0.5) is 23.4 Å². The molecule has 0 fully saturated rings. The van der Waals surface area contributed by atoms with Gasteiger partial charge in [0, 0.05) is 11.8 Å². The van der Waals surface area contributed by atoms with E-state index in [0.717, 1.165) is 12.1 Å². The number of nitrogens with zero attached hydrogens (tertiary/aromatic N) is 4. The van der Waals surface area contributed by atoms with Crippen LogP contribution in [0, 0.1) is 12.7 Å². The zero-order valence-corrected chi connectivity index (χ0v) is 13.2. The Morgan fingerprint density at radius 3 is 2.68 bits per heavy atom. The van der Waals surface area contributed by atoms with Gasteiger partial charge in [0.1, 0.15) is 12.1 Å². The van der Waals surface area contributed by atoms with Gasteiger partial charge in [-0.2, -0.15) is 14.6 Å². The topological polar surface area (TPSA) is 64.3 Å². The highest BCUT2D eigenvalue weighted by Crippen LogP contribution is 2.28. The van der Waals surface area contributed by atoms with Crippen LogP contribution in [0.2, 0.25) is 0 Å². The number of rotatable bonds is 4. The van der Waals surface area contributed by atoms with Gasteiger partial charge < -0.3 is 10.1 Å². The van der Waals surface area contributed by atoms with Crippen LogP contribution < -0.4 is 10.1 Å². The molecular weight excluding hydrogens is 342 g/mol. The van der Waals surface area contributed by atoms with Gasteiger partial charge in [-0.25, -0.2) is 9.37 Å². The van der Waals surface area contributed by atoms with Crippen LogP contribution >= 0.6 is 0 Å². The molecule has 0 saturated carbocycles. The second-order valence-electron chi connectivity index (χ2n) is 5.36. The number of ether oxygens (including phenoxy) is 1. The van der Waals surface area contributed by atoms with Gasteiger partial charge in [-0.1, -0.05) is 6.07 Å². The van der Waals surface area contributed by atoms with Gasteiger partial charge in [-0.3, -0.25) is 0 Å². The van der Waals surface area contributed by atoms with Crippen LogP contribution in [0.15, 0.2) is 30.6 Å². The van der Waals surface area contributed by atoms with Gasteiger partial charge in [0.25, 0.3) is 5.78 Å². The quantitative estimate of drug-likeness (QED) is 0.724. The summed E-state index contributed by atoms with van der Waals surface area (Å²) in [6.45, 7) is 3.52. The molecule has 25 heavy (non-hydrogen) atoms. The molecule has 132 valence electrons. The van der Waals surface area contributed by atoms with Gasteiger partial charge in [-0.05, 0) is 31.5 Å². The smallest absolute Gasteiger partial charge is 0.403 e. The van der Waals surface area contributed by atoms with Crippen molar-refractivity contribution in [1.82, 2.24) is 19.6 Å². The number of halogens is 4. The Balaban J connectivity index is 1.84. The van der Waals surface area contributed by atoms with E-state index in [1.807, 2.05) is 0 Å². The number of alkyl halides is 3. The molecule has 1 atom stereocenters. The van der Waals surface area contributed by atoms with E-state index in [1.54, 1.807) is 19.9 Å². The van der Waals surface area contributed by atoms with E-state index in [4.69, 9.17) is 0 Å². The Labute approximate surface area is 139 Å². The summed E-state index contributed by atoms with van der Waals surface area (Å²) in [4.78, 5) is 8.20. The minimum absolute atomic E-state index is 0.398. The third kappa shape index (κ3) is 3.78. The van der Waals surface area contributed by atoms with Crippen molar-refractivity contribution in [1.29, 1.82) is 0 Å². The molecule has 0 aliphatic carbocycles. The summed E-state index contributed by atoms with van der Waals surface area (Å²) in [6.07, 6.45) is -3.60. The van der Waals surface area contributed by atoms with Crippen molar-refractivity contribution in [2.75, 3.05) is 5.32 Å². The van der Waals surface area contributed by atoms with Crippen LogP contribution in [0.1, 0.15) is 24.2 Å². The van der Waals surface area contributed by atoms with Crippen LogP contribution in [-0.4, -0.2) is 25.9 Å². The second-order valence-corrected chi connectivity index (χ2v) is 5.36. The number of anilines is 1. The molecule has 6 nitrogen and oxygen atoms in total. The van der Waals surface area contributed by atoms with Crippen molar-refractivity contribution in [3.63, 3.8) is 0 Å². The number of aromatic nitrogens is 4. The van der Waals surface area contributed by atoms with Gasteiger partial charge in [-0.15, -0.1) is 13.2 Å². The molecule has 2 heterocycles. The molecule has 0 amide bonds. The zero-order chi connectivity index (χ0) is 18.2. The molecule has 2 aromatic heterocycles. The normalized spacial score (nSPS) is 13.0. The largest absolute Gasteiger partial charge is 0.573 e. The SMILES string of the molecule is Cc1cc(N[C@H](C)c2ccc(OC(F)(F)F)c(F)c2)n2ncnc2n1. The maximum Gasteiger partial charge on any atom is 0.573 e. The molecule has 3 aromatic rings. The summed E-state index contributed by atoms with van der Waals surface area (Å²) in [5.41, 5.74) is 1.14. The van der Waals surface area contributed by atoms with E-state index < -0.39 is 24.0 Å². The van der Waals surface area contributed by atoms with E-state index in [-0.39, 0.29) is 0 Å². The average molecular weight is 355 g/mol. The van der Waals surface area contributed by atoms with Crippen molar-refractivity contribution < 1.29 is 22.3 Å². The molecule has 1 aromatic carbocycles. The van der Waals surface area contributed by atoms with Gasteiger partial charge in [0.05, 0.1) is 6.04 Å². The predicted octanol–water partition coefficient (Wildman–Crippen LogP) is 3.64. The first kappa shape index (κ1) is 16.9. The molecule has 0 aliphatic heterocycles. The first-order valence-electron chi connectivity index (χ1n) is 7.22. The fourth-order valence-electron chi connectivity index (χ4n) is 2.33.